The Kier molecular flexibility index (Phi) is 3.26. The van der Waals surface area contributed by atoms with Gasteiger partial charge in [-0.05, 0) is 12.2 Å². The molecule has 0 atom stereocenters. The molecule has 6 heavy (non-hydrogen) atoms. The Hall–Kier alpha value is 0.0400. The lowest BCUT2D eigenvalue weighted by molar-refractivity contribution is 1.16. The van der Waals surface area contributed by atoms with Crippen LogP contribution in [0.3, 0.4) is 0 Å². The van der Waals surface area contributed by atoms with Gasteiger partial charge in [0.15, 0.2) is 5.11 Å². The summed E-state index contributed by atoms with van der Waals surface area (Å²) in [6, 6.07) is 0. The highest BCUT2D eigenvalue weighted by molar-refractivity contribution is 7.84. The maximum Gasteiger partial charge on any atom is 0.175 e. The summed E-state index contributed by atoms with van der Waals surface area (Å²) in [5.74, 6) is 0. The first-order valence-corrected chi connectivity index (χ1v) is 2.28. The first-order valence-electron chi connectivity index (χ1n) is 1.43. The lowest BCUT2D eigenvalue weighted by Gasteiger charge is -1.94. The summed E-state index contributed by atoms with van der Waals surface area (Å²) in [7, 11) is 1.73. The van der Waals surface area contributed by atoms with Crippen molar-refractivity contribution >= 4 is 30.1 Å². The van der Waals surface area contributed by atoms with E-state index >= 15 is 0 Å². The van der Waals surface area contributed by atoms with Crippen LogP contribution in [0.4, 0.5) is 0 Å². The topological polar surface area (TPSA) is 24.1 Å². The van der Waals surface area contributed by atoms with Gasteiger partial charge in [0, 0.05) is 7.05 Å². The van der Waals surface area contributed by atoms with Crippen molar-refractivity contribution in [3.63, 3.8) is 0 Å². The number of hydrogen-bond acceptors (Lipinski definition) is 2. The molecule has 0 aliphatic rings. The molecule has 0 aromatic heterocycles. The van der Waals surface area contributed by atoms with Gasteiger partial charge in [0.05, 0.1) is 0 Å². The molecule has 0 aliphatic carbocycles. The van der Waals surface area contributed by atoms with Crippen molar-refractivity contribution < 1.29 is 0 Å². The standard InChI is InChI=1S/C2H6N2S2/c1-3-2(5)4-6/h6H,1H3,(H2,3,4,5). The molecule has 36 valence electrons. The fourth-order valence-corrected chi connectivity index (χ4v) is 0.168. The van der Waals surface area contributed by atoms with Gasteiger partial charge < -0.3 is 10.0 Å². The molecule has 0 radical (unpaired) electrons. The molecule has 0 spiro atoms. The molecular weight excluding hydrogens is 116 g/mol. The average molecular weight is 122 g/mol. The van der Waals surface area contributed by atoms with E-state index in [1.807, 2.05) is 0 Å². The molecule has 0 aromatic carbocycles. The molecule has 0 amide bonds. The zero-order chi connectivity index (χ0) is 4.99. The highest BCUT2D eigenvalue weighted by Crippen LogP contribution is 1.61. The zero-order valence-corrected chi connectivity index (χ0v) is 5.07. The van der Waals surface area contributed by atoms with Crippen molar-refractivity contribution in [2.45, 2.75) is 0 Å². The molecule has 0 heterocycles. The predicted molar refractivity (Wildman–Crippen MR) is 33.8 cm³/mol. The predicted octanol–water partition coefficient (Wildman–Crippen LogP) is -0.0749. The molecule has 0 aliphatic heterocycles. The van der Waals surface area contributed by atoms with Crippen molar-refractivity contribution in [3.8, 4) is 0 Å². The van der Waals surface area contributed by atoms with Crippen LogP contribution in [0.25, 0.3) is 0 Å². The fourth-order valence-electron chi connectivity index (χ4n) is 0.0559. The lowest BCUT2D eigenvalue weighted by Crippen LogP contribution is -2.25. The molecular formula is C2H6N2S2. The van der Waals surface area contributed by atoms with Crippen molar-refractivity contribution in [2.75, 3.05) is 7.05 Å². The van der Waals surface area contributed by atoms with E-state index in [0.717, 1.165) is 0 Å². The van der Waals surface area contributed by atoms with Gasteiger partial charge in [-0.3, -0.25) is 0 Å². The number of thiocarbonyl (C=S) groups is 1. The van der Waals surface area contributed by atoms with Gasteiger partial charge in [0.1, 0.15) is 0 Å². The minimum atomic E-state index is 0.540. The van der Waals surface area contributed by atoms with E-state index in [2.05, 4.69) is 35.1 Å². The monoisotopic (exact) mass is 122 g/mol. The largest absolute Gasteiger partial charge is 0.365 e. The second-order valence-electron chi connectivity index (χ2n) is 0.691. The summed E-state index contributed by atoms with van der Waals surface area (Å²) in [5, 5.41) is 3.20. The smallest absolute Gasteiger partial charge is 0.175 e. The van der Waals surface area contributed by atoms with E-state index in [-0.39, 0.29) is 0 Å². The van der Waals surface area contributed by atoms with Crippen molar-refractivity contribution in [1.82, 2.24) is 10.0 Å². The Labute approximate surface area is 47.9 Å². The Morgan fingerprint density at radius 2 is 2.33 bits per heavy atom. The molecule has 0 fully saturated rings. The van der Waals surface area contributed by atoms with Crippen molar-refractivity contribution in [3.05, 3.63) is 0 Å². The van der Waals surface area contributed by atoms with E-state index in [1.54, 1.807) is 7.05 Å². The number of nitrogens with one attached hydrogen (secondary N) is 2. The third-order valence-corrected chi connectivity index (χ3v) is 1.01. The van der Waals surface area contributed by atoms with Gasteiger partial charge in [-0.1, -0.05) is 12.8 Å². The van der Waals surface area contributed by atoms with E-state index < -0.39 is 0 Å². The van der Waals surface area contributed by atoms with E-state index in [4.69, 9.17) is 0 Å². The van der Waals surface area contributed by atoms with Gasteiger partial charge in [-0.2, -0.15) is 0 Å². The lowest BCUT2D eigenvalue weighted by atomic mass is 11.1. The number of rotatable bonds is 0. The summed E-state index contributed by atoms with van der Waals surface area (Å²) in [4.78, 5) is 0. The quantitative estimate of drug-likeness (QED) is 0.309. The summed E-state index contributed by atoms with van der Waals surface area (Å²) in [6.07, 6.45) is 0. The molecule has 4 heteroatoms. The Morgan fingerprint density at radius 3 is 2.33 bits per heavy atom. The normalized spacial score (nSPS) is 7.00. The maximum absolute atomic E-state index is 4.56. The van der Waals surface area contributed by atoms with Crippen LogP contribution in [-0.2, 0) is 0 Å². The maximum atomic E-state index is 4.56. The number of thiol groups is 1. The molecule has 2 nitrogen and oxygen atoms in total. The van der Waals surface area contributed by atoms with Crippen molar-refractivity contribution in [2.24, 2.45) is 0 Å². The van der Waals surface area contributed by atoms with Crippen LogP contribution in [-0.4, -0.2) is 12.2 Å². The first-order chi connectivity index (χ1) is 2.81. The third kappa shape index (κ3) is 2.29. The molecule has 0 bridgehead atoms. The van der Waals surface area contributed by atoms with Crippen LogP contribution in [0.2, 0.25) is 0 Å². The van der Waals surface area contributed by atoms with E-state index in [9.17, 15) is 0 Å². The van der Waals surface area contributed by atoms with Crippen LogP contribution < -0.4 is 10.0 Å². The van der Waals surface area contributed by atoms with Gasteiger partial charge >= 0.3 is 0 Å². The van der Waals surface area contributed by atoms with Gasteiger partial charge in [0.2, 0.25) is 0 Å². The van der Waals surface area contributed by atoms with Crippen molar-refractivity contribution in [1.29, 1.82) is 0 Å². The van der Waals surface area contributed by atoms with Crippen LogP contribution in [0.1, 0.15) is 0 Å². The Bertz CT molecular complexity index is 47.5. The second-order valence-corrected chi connectivity index (χ2v) is 1.32. The summed E-state index contributed by atoms with van der Waals surface area (Å²) < 4.78 is 2.43. The highest BCUT2D eigenvalue weighted by Gasteiger charge is 1.76. The molecule has 0 saturated carbocycles. The van der Waals surface area contributed by atoms with E-state index in [0.29, 0.717) is 5.11 Å². The number of hydrogen-bond donors (Lipinski definition) is 3. The third-order valence-electron chi connectivity index (χ3n) is 0.329. The Balaban J connectivity index is 2.99. The van der Waals surface area contributed by atoms with Crippen LogP contribution in [0.15, 0.2) is 0 Å². The molecule has 0 saturated heterocycles. The van der Waals surface area contributed by atoms with Crippen LogP contribution in [0, 0.1) is 0 Å². The SMILES string of the molecule is CNC(=S)NS. The highest BCUT2D eigenvalue weighted by atomic mass is 32.1. The molecule has 0 unspecified atom stereocenters. The average Bonchev–Trinajstić information content (AvgIpc) is 1.65. The summed E-state index contributed by atoms with van der Waals surface area (Å²) in [5.41, 5.74) is 0. The minimum Gasteiger partial charge on any atom is -0.365 e. The summed E-state index contributed by atoms with van der Waals surface area (Å²) in [6.45, 7) is 0. The molecule has 2 N–H and O–H groups in total. The fraction of sp³-hybridized carbons (Fsp3) is 0.500. The minimum absolute atomic E-state index is 0.540. The van der Waals surface area contributed by atoms with Gasteiger partial charge in [0.25, 0.3) is 0 Å². The van der Waals surface area contributed by atoms with Gasteiger partial charge in [-0.15, -0.1) is 0 Å². The van der Waals surface area contributed by atoms with Gasteiger partial charge in [-0.25, -0.2) is 0 Å². The zero-order valence-electron chi connectivity index (χ0n) is 3.36. The van der Waals surface area contributed by atoms with Crippen LogP contribution in [0.5, 0.6) is 0 Å². The summed E-state index contributed by atoms with van der Waals surface area (Å²) >= 11 is 8.20. The second kappa shape index (κ2) is 3.24. The molecule has 0 rings (SSSR count). The van der Waals surface area contributed by atoms with E-state index in [1.165, 1.54) is 0 Å². The first kappa shape index (κ1) is 6.04. The van der Waals surface area contributed by atoms with Crippen LogP contribution >= 0.6 is 25.0 Å². The molecule has 0 aromatic rings. The Morgan fingerprint density at radius 1 is 1.83 bits per heavy atom.